The summed E-state index contributed by atoms with van der Waals surface area (Å²) in [5.41, 5.74) is 5.55. The third-order valence-electron chi connectivity index (χ3n) is 2.88. The van der Waals surface area contributed by atoms with Crippen molar-refractivity contribution in [2.75, 3.05) is 13.2 Å². The zero-order chi connectivity index (χ0) is 14.3. The van der Waals surface area contributed by atoms with Crippen LogP contribution in [0.4, 0.5) is 4.39 Å². The number of hydrogen-bond acceptors (Lipinski definition) is 3. The normalized spacial score (nSPS) is 13.8. The Morgan fingerprint density at radius 1 is 1.42 bits per heavy atom. The fourth-order valence-electron chi connectivity index (χ4n) is 1.92. The summed E-state index contributed by atoms with van der Waals surface area (Å²) >= 11 is 0. The van der Waals surface area contributed by atoms with Gasteiger partial charge in [-0.1, -0.05) is 6.92 Å². The standard InChI is InChI=1S/C14H20FNO3/c1-10(6-11(8-16)7-14(17)18)9-19-13-4-2-12(15)3-5-13/h2-5,10-11H,6-9,16H2,1H3,(H,17,18). The highest BCUT2D eigenvalue weighted by Gasteiger charge is 2.15. The van der Waals surface area contributed by atoms with Gasteiger partial charge in [0.1, 0.15) is 11.6 Å². The van der Waals surface area contributed by atoms with E-state index in [0.29, 0.717) is 25.3 Å². The second-order valence-corrected chi connectivity index (χ2v) is 4.81. The van der Waals surface area contributed by atoms with Crippen molar-refractivity contribution < 1.29 is 19.0 Å². The second kappa shape index (κ2) is 7.74. The van der Waals surface area contributed by atoms with Gasteiger partial charge in [0.25, 0.3) is 0 Å². The molecule has 5 heteroatoms. The minimum atomic E-state index is -0.831. The van der Waals surface area contributed by atoms with Crippen LogP contribution in [0, 0.1) is 17.7 Å². The van der Waals surface area contributed by atoms with Crippen molar-refractivity contribution in [3.05, 3.63) is 30.1 Å². The Balaban J connectivity index is 2.35. The van der Waals surface area contributed by atoms with Crippen LogP contribution in [0.2, 0.25) is 0 Å². The summed E-state index contributed by atoms with van der Waals surface area (Å²) in [7, 11) is 0. The van der Waals surface area contributed by atoms with Gasteiger partial charge in [-0.3, -0.25) is 4.79 Å². The first-order valence-corrected chi connectivity index (χ1v) is 6.31. The first-order chi connectivity index (χ1) is 9.01. The fraction of sp³-hybridized carbons (Fsp3) is 0.500. The lowest BCUT2D eigenvalue weighted by Gasteiger charge is -2.18. The van der Waals surface area contributed by atoms with Crippen LogP contribution < -0.4 is 10.5 Å². The second-order valence-electron chi connectivity index (χ2n) is 4.81. The molecule has 4 nitrogen and oxygen atoms in total. The van der Waals surface area contributed by atoms with Crippen molar-refractivity contribution in [3.63, 3.8) is 0 Å². The molecule has 0 spiro atoms. The van der Waals surface area contributed by atoms with Crippen molar-refractivity contribution in [1.29, 1.82) is 0 Å². The molecule has 0 radical (unpaired) electrons. The van der Waals surface area contributed by atoms with Gasteiger partial charge in [0, 0.05) is 6.42 Å². The molecule has 0 saturated carbocycles. The molecule has 0 fully saturated rings. The lowest BCUT2D eigenvalue weighted by Crippen LogP contribution is -2.22. The third-order valence-corrected chi connectivity index (χ3v) is 2.88. The van der Waals surface area contributed by atoms with Crippen LogP contribution in [0.1, 0.15) is 19.8 Å². The molecule has 2 unspecified atom stereocenters. The van der Waals surface area contributed by atoms with Gasteiger partial charge in [-0.15, -0.1) is 0 Å². The molecule has 3 N–H and O–H groups in total. The van der Waals surface area contributed by atoms with E-state index in [0.717, 1.165) is 0 Å². The Morgan fingerprint density at radius 2 is 2.05 bits per heavy atom. The van der Waals surface area contributed by atoms with Gasteiger partial charge in [0.15, 0.2) is 0 Å². The average Bonchev–Trinajstić information content (AvgIpc) is 2.36. The zero-order valence-corrected chi connectivity index (χ0v) is 11.0. The van der Waals surface area contributed by atoms with Crippen LogP contribution in [0.25, 0.3) is 0 Å². The summed E-state index contributed by atoms with van der Waals surface area (Å²) in [5.74, 6) is -0.370. The smallest absolute Gasteiger partial charge is 0.303 e. The van der Waals surface area contributed by atoms with Crippen molar-refractivity contribution in [3.8, 4) is 5.75 Å². The van der Waals surface area contributed by atoms with E-state index in [-0.39, 0.29) is 24.1 Å². The molecule has 0 saturated heterocycles. The number of carbonyl (C=O) groups is 1. The van der Waals surface area contributed by atoms with Crippen LogP contribution in [0.5, 0.6) is 5.75 Å². The van der Waals surface area contributed by atoms with Gasteiger partial charge in [-0.05, 0) is 49.1 Å². The highest BCUT2D eigenvalue weighted by Crippen LogP contribution is 2.17. The Kier molecular flexibility index (Phi) is 6.29. The maximum Gasteiger partial charge on any atom is 0.303 e. The van der Waals surface area contributed by atoms with E-state index in [2.05, 4.69) is 0 Å². The summed E-state index contributed by atoms with van der Waals surface area (Å²) in [5, 5.41) is 8.74. The number of carboxylic acid groups (broad SMARTS) is 1. The van der Waals surface area contributed by atoms with Crippen LogP contribution >= 0.6 is 0 Å². The number of hydrogen-bond donors (Lipinski definition) is 2. The van der Waals surface area contributed by atoms with Gasteiger partial charge in [-0.25, -0.2) is 4.39 Å². The maximum atomic E-state index is 12.7. The molecule has 106 valence electrons. The van der Waals surface area contributed by atoms with E-state index >= 15 is 0 Å². The lowest BCUT2D eigenvalue weighted by molar-refractivity contribution is -0.138. The molecule has 0 aliphatic rings. The largest absolute Gasteiger partial charge is 0.493 e. The van der Waals surface area contributed by atoms with Crippen molar-refractivity contribution in [2.45, 2.75) is 19.8 Å². The predicted molar refractivity (Wildman–Crippen MR) is 70.5 cm³/mol. The summed E-state index contributed by atoms with van der Waals surface area (Å²) in [6.45, 7) is 2.79. The predicted octanol–water partition coefficient (Wildman–Crippen LogP) is 2.28. The molecular formula is C14H20FNO3. The summed E-state index contributed by atoms with van der Waals surface area (Å²) in [6.07, 6.45) is 0.779. The molecule has 0 aromatic heterocycles. The molecule has 0 amide bonds. The van der Waals surface area contributed by atoms with Gasteiger partial charge < -0.3 is 15.6 Å². The van der Waals surface area contributed by atoms with E-state index in [1.807, 2.05) is 6.92 Å². The summed E-state index contributed by atoms with van der Waals surface area (Å²) in [4.78, 5) is 10.6. The van der Waals surface area contributed by atoms with Crippen molar-refractivity contribution >= 4 is 5.97 Å². The quantitative estimate of drug-likeness (QED) is 0.759. The monoisotopic (exact) mass is 269 g/mol. The molecule has 0 heterocycles. The number of nitrogens with two attached hydrogens (primary N) is 1. The molecule has 0 aliphatic carbocycles. The number of benzene rings is 1. The van der Waals surface area contributed by atoms with E-state index < -0.39 is 5.97 Å². The van der Waals surface area contributed by atoms with Crippen LogP contribution in [0.3, 0.4) is 0 Å². The minimum absolute atomic E-state index is 0.0377. The first kappa shape index (κ1) is 15.4. The van der Waals surface area contributed by atoms with Crippen LogP contribution in [-0.4, -0.2) is 24.2 Å². The molecule has 1 aromatic rings. The molecule has 2 atom stereocenters. The van der Waals surface area contributed by atoms with Crippen molar-refractivity contribution in [2.24, 2.45) is 17.6 Å². The number of aliphatic carboxylic acids is 1. The SMILES string of the molecule is CC(COc1ccc(F)cc1)CC(CN)CC(=O)O. The van der Waals surface area contributed by atoms with Crippen LogP contribution in [0.15, 0.2) is 24.3 Å². The highest BCUT2D eigenvalue weighted by atomic mass is 19.1. The number of rotatable bonds is 8. The van der Waals surface area contributed by atoms with Crippen LogP contribution in [-0.2, 0) is 4.79 Å². The summed E-state index contributed by atoms with van der Waals surface area (Å²) in [6, 6.07) is 5.82. The Labute approximate surface area is 112 Å². The zero-order valence-electron chi connectivity index (χ0n) is 11.0. The Bertz CT molecular complexity index is 394. The van der Waals surface area contributed by atoms with Gasteiger partial charge in [0.05, 0.1) is 6.61 Å². The van der Waals surface area contributed by atoms with E-state index in [1.54, 1.807) is 12.1 Å². The minimum Gasteiger partial charge on any atom is -0.493 e. The average molecular weight is 269 g/mol. The lowest BCUT2D eigenvalue weighted by atomic mass is 9.94. The molecule has 1 aromatic carbocycles. The van der Waals surface area contributed by atoms with Gasteiger partial charge >= 0.3 is 5.97 Å². The first-order valence-electron chi connectivity index (χ1n) is 6.31. The van der Waals surface area contributed by atoms with E-state index in [1.165, 1.54) is 12.1 Å². The number of halogens is 1. The fourth-order valence-corrected chi connectivity index (χ4v) is 1.92. The third kappa shape index (κ3) is 6.20. The Morgan fingerprint density at radius 3 is 2.58 bits per heavy atom. The molecule has 0 bridgehead atoms. The highest BCUT2D eigenvalue weighted by molar-refractivity contribution is 5.67. The molecule has 19 heavy (non-hydrogen) atoms. The molecular weight excluding hydrogens is 249 g/mol. The Hall–Kier alpha value is -1.62. The topological polar surface area (TPSA) is 72.5 Å². The molecule has 0 aliphatic heterocycles. The van der Waals surface area contributed by atoms with E-state index in [9.17, 15) is 9.18 Å². The molecule has 1 rings (SSSR count). The number of carboxylic acids is 1. The van der Waals surface area contributed by atoms with E-state index in [4.69, 9.17) is 15.6 Å². The number of ether oxygens (including phenoxy) is 1. The van der Waals surface area contributed by atoms with Gasteiger partial charge in [-0.2, -0.15) is 0 Å². The summed E-state index contributed by atoms with van der Waals surface area (Å²) < 4.78 is 18.2. The van der Waals surface area contributed by atoms with Crippen molar-refractivity contribution in [1.82, 2.24) is 0 Å². The maximum absolute atomic E-state index is 12.7. The van der Waals surface area contributed by atoms with Gasteiger partial charge in [0.2, 0.25) is 0 Å².